The highest BCUT2D eigenvalue weighted by Crippen LogP contribution is 2.37. The van der Waals surface area contributed by atoms with Gasteiger partial charge in [0.15, 0.2) is 5.78 Å². The third-order valence-electron chi connectivity index (χ3n) is 4.70. The largest absolute Gasteiger partial charge is 0.311 e. The highest BCUT2D eigenvalue weighted by Gasteiger charge is 2.33. The molecule has 0 spiro atoms. The van der Waals surface area contributed by atoms with Crippen LogP contribution < -0.4 is 5.32 Å². The van der Waals surface area contributed by atoms with Crippen molar-refractivity contribution in [1.82, 2.24) is 5.32 Å². The molecule has 0 radical (unpaired) electrons. The van der Waals surface area contributed by atoms with E-state index < -0.39 is 12.0 Å². The molecule has 23 heavy (non-hydrogen) atoms. The Balaban J connectivity index is 2.25. The number of Topliss-reactive ketones (excluding diaryl/α,β-unsaturated/α-hetero) is 1. The van der Waals surface area contributed by atoms with Crippen LogP contribution in [0.15, 0.2) is 36.4 Å². The number of carbonyl (C=O) groups is 1. The topological polar surface area (TPSA) is 29.1 Å². The SMILES string of the molecule is CN[C@@H](C)C(=O)C1c2cccc(F)c2CCc2c(F)cccc21. The minimum Gasteiger partial charge on any atom is -0.311 e. The second-order valence-corrected chi connectivity index (χ2v) is 5.96. The Morgan fingerprint density at radius 2 is 1.52 bits per heavy atom. The van der Waals surface area contributed by atoms with Gasteiger partial charge in [-0.25, -0.2) is 8.78 Å². The lowest BCUT2D eigenvalue weighted by Crippen LogP contribution is -2.35. The Morgan fingerprint density at radius 1 is 1.04 bits per heavy atom. The molecule has 3 rings (SSSR count). The van der Waals surface area contributed by atoms with Gasteiger partial charge in [-0.3, -0.25) is 4.79 Å². The molecule has 0 fully saturated rings. The molecule has 0 amide bonds. The smallest absolute Gasteiger partial charge is 0.161 e. The molecule has 1 N–H and O–H groups in total. The van der Waals surface area contributed by atoms with Gasteiger partial charge in [0.05, 0.1) is 12.0 Å². The van der Waals surface area contributed by atoms with Crippen LogP contribution in [-0.4, -0.2) is 18.9 Å². The fourth-order valence-electron chi connectivity index (χ4n) is 3.34. The van der Waals surface area contributed by atoms with Crippen molar-refractivity contribution >= 4 is 5.78 Å². The number of fused-ring (bicyclic) bond motifs is 2. The molecule has 0 aromatic heterocycles. The van der Waals surface area contributed by atoms with E-state index in [2.05, 4.69) is 5.32 Å². The second-order valence-electron chi connectivity index (χ2n) is 5.96. The van der Waals surface area contributed by atoms with Gasteiger partial charge < -0.3 is 5.32 Å². The molecule has 2 nitrogen and oxygen atoms in total. The van der Waals surface area contributed by atoms with Crippen molar-refractivity contribution in [2.75, 3.05) is 7.05 Å². The van der Waals surface area contributed by atoms with E-state index in [0.717, 1.165) is 0 Å². The molecule has 0 saturated carbocycles. The molecule has 0 unspecified atom stereocenters. The van der Waals surface area contributed by atoms with Gasteiger partial charge in [0.25, 0.3) is 0 Å². The van der Waals surface area contributed by atoms with Crippen LogP contribution in [0.5, 0.6) is 0 Å². The Morgan fingerprint density at radius 3 is 1.96 bits per heavy atom. The fourth-order valence-corrected chi connectivity index (χ4v) is 3.34. The van der Waals surface area contributed by atoms with Gasteiger partial charge in [-0.15, -0.1) is 0 Å². The van der Waals surface area contributed by atoms with Crippen molar-refractivity contribution in [2.24, 2.45) is 0 Å². The van der Waals surface area contributed by atoms with Crippen LogP contribution in [0, 0.1) is 11.6 Å². The zero-order valence-electron chi connectivity index (χ0n) is 13.2. The monoisotopic (exact) mass is 315 g/mol. The molecule has 120 valence electrons. The maximum absolute atomic E-state index is 14.3. The summed E-state index contributed by atoms with van der Waals surface area (Å²) in [6.07, 6.45) is 0.793. The number of likely N-dealkylation sites (N-methyl/N-ethyl adjacent to an activating group) is 1. The molecule has 2 aromatic rings. The third-order valence-corrected chi connectivity index (χ3v) is 4.70. The summed E-state index contributed by atoms with van der Waals surface area (Å²) in [5, 5.41) is 2.94. The van der Waals surface area contributed by atoms with E-state index in [1.54, 1.807) is 38.2 Å². The van der Waals surface area contributed by atoms with Crippen LogP contribution in [0.25, 0.3) is 0 Å². The van der Waals surface area contributed by atoms with Gasteiger partial charge in [-0.1, -0.05) is 24.3 Å². The fraction of sp³-hybridized carbons (Fsp3) is 0.316. The normalized spacial score (nSPS) is 15.5. The van der Waals surface area contributed by atoms with Crippen LogP contribution in [0.4, 0.5) is 8.78 Å². The summed E-state index contributed by atoms with van der Waals surface area (Å²) in [5.74, 6) is -1.37. The second kappa shape index (κ2) is 6.20. The Hall–Kier alpha value is -2.07. The van der Waals surface area contributed by atoms with Crippen molar-refractivity contribution in [3.8, 4) is 0 Å². The van der Waals surface area contributed by atoms with Gasteiger partial charge in [-0.2, -0.15) is 0 Å². The Bertz CT molecular complexity index is 704. The van der Waals surface area contributed by atoms with Crippen molar-refractivity contribution < 1.29 is 13.6 Å². The first-order chi connectivity index (χ1) is 11.0. The average Bonchev–Trinajstić information content (AvgIpc) is 2.72. The zero-order chi connectivity index (χ0) is 16.6. The summed E-state index contributed by atoms with van der Waals surface area (Å²) in [6.45, 7) is 1.77. The molecule has 1 aliphatic carbocycles. The summed E-state index contributed by atoms with van der Waals surface area (Å²) >= 11 is 0. The molecule has 1 aliphatic rings. The number of hydrogen-bond donors (Lipinski definition) is 1. The Labute approximate surface area is 134 Å². The minimum absolute atomic E-state index is 0.0758. The summed E-state index contributed by atoms with van der Waals surface area (Å²) in [7, 11) is 1.71. The van der Waals surface area contributed by atoms with Crippen molar-refractivity contribution in [2.45, 2.75) is 31.7 Å². The summed E-state index contributed by atoms with van der Waals surface area (Å²) < 4.78 is 28.5. The molecule has 4 heteroatoms. The molecular formula is C19H19F2NO. The molecule has 0 aliphatic heterocycles. The molecular weight excluding hydrogens is 296 g/mol. The first-order valence-corrected chi connectivity index (χ1v) is 7.80. The van der Waals surface area contributed by atoms with Crippen molar-refractivity contribution in [3.05, 3.63) is 70.3 Å². The first kappa shape index (κ1) is 15.8. The predicted octanol–water partition coefficient (Wildman–Crippen LogP) is 3.37. The van der Waals surface area contributed by atoms with Crippen LogP contribution in [0.2, 0.25) is 0 Å². The number of benzene rings is 2. The zero-order valence-corrected chi connectivity index (χ0v) is 13.2. The van der Waals surface area contributed by atoms with Gasteiger partial charge in [0.2, 0.25) is 0 Å². The summed E-state index contributed by atoms with van der Waals surface area (Å²) in [5.41, 5.74) is 2.34. The van der Waals surface area contributed by atoms with Gasteiger partial charge in [-0.05, 0) is 61.2 Å². The lowest BCUT2D eigenvalue weighted by atomic mass is 9.82. The summed E-state index contributed by atoms with van der Waals surface area (Å²) in [6, 6.07) is 9.19. The van der Waals surface area contributed by atoms with Gasteiger partial charge >= 0.3 is 0 Å². The first-order valence-electron chi connectivity index (χ1n) is 7.80. The van der Waals surface area contributed by atoms with Crippen molar-refractivity contribution in [3.63, 3.8) is 0 Å². The molecule has 1 atom stereocenters. The minimum atomic E-state index is -0.642. The number of halogens is 2. The number of ketones is 1. The molecule has 0 heterocycles. The van der Waals surface area contributed by atoms with Crippen LogP contribution in [-0.2, 0) is 17.6 Å². The predicted molar refractivity (Wildman–Crippen MR) is 85.6 cm³/mol. The quantitative estimate of drug-likeness (QED) is 0.941. The number of rotatable bonds is 3. The van der Waals surface area contributed by atoms with E-state index in [1.807, 2.05) is 0 Å². The third kappa shape index (κ3) is 2.68. The van der Waals surface area contributed by atoms with Gasteiger partial charge in [0, 0.05) is 0 Å². The lowest BCUT2D eigenvalue weighted by molar-refractivity contribution is -0.121. The van der Waals surface area contributed by atoms with E-state index >= 15 is 0 Å². The van der Waals surface area contributed by atoms with E-state index in [0.29, 0.717) is 35.1 Å². The number of nitrogens with one attached hydrogen (secondary N) is 1. The van der Waals surface area contributed by atoms with Crippen LogP contribution in [0.1, 0.15) is 35.1 Å². The summed E-state index contributed by atoms with van der Waals surface area (Å²) in [4.78, 5) is 12.9. The molecule has 0 saturated heterocycles. The van der Waals surface area contributed by atoms with E-state index in [1.165, 1.54) is 12.1 Å². The van der Waals surface area contributed by atoms with E-state index in [9.17, 15) is 13.6 Å². The van der Waals surface area contributed by atoms with Crippen molar-refractivity contribution in [1.29, 1.82) is 0 Å². The number of hydrogen-bond acceptors (Lipinski definition) is 2. The van der Waals surface area contributed by atoms with E-state index in [-0.39, 0.29) is 17.4 Å². The van der Waals surface area contributed by atoms with Gasteiger partial charge in [0.1, 0.15) is 11.6 Å². The highest BCUT2D eigenvalue weighted by molar-refractivity contribution is 5.94. The van der Waals surface area contributed by atoms with Crippen LogP contribution >= 0.6 is 0 Å². The van der Waals surface area contributed by atoms with Crippen LogP contribution in [0.3, 0.4) is 0 Å². The highest BCUT2D eigenvalue weighted by atomic mass is 19.1. The Kier molecular flexibility index (Phi) is 4.26. The number of carbonyl (C=O) groups excluding carboxylic acids is 1. The molecule has 0 bridgehead atoms. The van der Waals surface area contributed by atoms with E-state index in [4.69, 9.17) is 0 Å². The maximum atomic E-state index is 14.3. The average molecular weight is 315 g/mol. The maximum Gasteiger partial charge on any atom is 0.161 e. The standard InChI is InChI=1S/C19H19F2NO/c1-11(22-2)19(23)18-14-5-3-7-16(20)12(14)9-10-13-15(18)6-4-8-17(13)21/h3-8,11,18,22H,9-10H2,1-2H3/t11-/m0/s1. The lowest BCUT2D eigenvalue weighted by Gasteiger charge is -2.22. The molecule has 2 aromatic carbocycles.